The van der Waals surface area contributed by atoms with Gasteiger partial charge in [0.15, 0.2) is 10.4 Å². The minimum absolute atomic E-state index is 0.162. The van der Waals surface area contributed by atoms with Gasteiger partial charge in [-0.15, -0.1) is 0 Å². The molecule has 29 heavy (non-hydrogen) atoms. The Morgan fingerprint density at radius 1 is 1.00 bits per heavy atom. The number of nitrogens with zero attached hydrogens (tertiary/aromatic N) is 1. The van der Waals surface area contributed by atoms with Gasteiger partial charge in [-0.05, 0) is 64.3 Å². The van der Waals surface area contributed by atoms with Crippen LogP contribution in [-0.2, 0) is 4.79 Å². The predicted molar refractivity (Wildman–Crippen MR) is 117 cm³/mol. The Morgan fingerprint density at radius 3 is 2.38 bits per heavy atom. The van der Waals surface area contributed by atoms with Crippen LogP contribution in [0.15, 0.2) is 87.0 Å². The Morgan fingerprint density at radius 2 is 1.72 bits per heavy atom. The van der Waals surface area contributed by atoms with Gasteiger partial charge in [-0.25, -0.2) is 5.43 Å². The number of hydrogen-bond acceptors (Lipinski definition) is 4. The van der Waals surface area contributed by atoms with E-state index in [1.54, 1.807) is 37.3 Å². The fraction of sp³-hybridized carbons (Fsp3) is 0.0455. The quantitative estimate of drug-likeness (QED) is 0.319. The highest BCUT2D eigenvalue weighted by Gasteiger charge is 2.09. The third kappa shape index (κ3) is 6.02. The number of benzene rings is 2. The van der Waals surface area contributed by atoms with Crippen LogP contribution in [0.2, 0.25) is 0 Å². The molecular formula is C22H18BrN3O3. The second-order valence-electron chi connectivity index (χ2n) is 6.05. The van der Waals surface area contributed by atoms with E-state index in [1.807, 2.05) is 42.5 Å². The first-order chi connectivity index (χ1) is 14.0. The lowest BCUT2D eigenvalue weighted by Gasteiger charge is -2.05. The monoisotopic (exact) mass is 451 g/mol. The number of furan rings is 1. The first-order valence-corrected chi connectivity index (χ1v) is 9.55. The smallest absolute Gasteiger partial charge is 0.307 e. The van der Waals surface area contributed by atoms with Gasteiger partial charge in [0.2, 0.25) is 5.91 Å². The van der Waals surface area contributed by atoms with Gasteiger partial charge >= 0.3 is 5.91 Å². The summed E-state index contributed by atoms with van der Waals surface area (Å²) in [5.41, 5.74) is 5.48. The molecule has 0 bridgehead atoms. The lowest BCUT2D eigenvalue weighted by molar-refractivity contribution is -0.111. The summed E-state index contributed by atoms with van der Waals surface area (Å²) >= 11 is 3.15. The molecule has 0 saturated heterocycles. The van der Waals surface area contributed by atoms with Gasteiger partial charge < -0.3 is 9.73 Å². The molecule has 0 unspecified atom stereocenters. The number of hydrogen-bond donors (Lipinski definition) is 2. The fourth-order valence-electron chi connectivity index (χ4n) is 2.41. The highest BCUT2D eigenvalue weighted by Crippen LogP contribution is 2.14. The maximum Gasteiger partial charge on any atom is 0.307 e. The SMILES string of the molecule is C/C(=N\NC(=O)c1ccc(Br)o1)c1ccc(NC(=O)/C=C/c2ccccc2)cc1. The van der Waals surface area contributed by atoms with Crippen LogP contribution in [0.3, 0.4) is 0 Å². The number of nitrogens with one attached hydrogen (secondary N) is 2. The molecule has 0 radical (unpaired) electrons. The second-order valence-corrected chi connectivity index (χ2v) is 6.83. The summed E-state index contributed by atoms with van der Waals surface area (Å²) in [6.45, 7) is 1.77. The normalized spacial score (nSPS) is 11.4. The molecule has 2 aromatic carbocycles. The third-order valence-electron chi connectivity index (χ3n) is 3.92. The Balaban J connectivity index is 1.56. The van der Waals surface area contributed by atoms with Crippen molar-refractivity contribution in [1.29, 1.82) is 0 Å². The average Bonchev–Trinajstić information content (AvgIpc) is 3.18. The minimum atomic E-state index is -0.441. The van der Waals surface area contributed by atoms with Crippen molar-refractivity contribution in [2.45, 2.75) is 6.92 Å². The van der Waals surface area contributed by atoms with Crippen molar-refractivity contribution in [3.8, 4) is 0 Å². The summed E-state index contributed by atoms with van der Waals surface area (Å²) in [5.74, 6) is -0.497. The zero-order valence-electron chi connectivity index (χ0n) is 15.6. The van der Waals surface area contributed by atoms with Crippen LogP contribution in [0.4, 0.5) is 5.69 Å². The first-order valence-electron chi connectivity index (χ1n) is 8.76. The van der Waals surface area contributed by atoms with Gasteiger partial charge in [-0.2, -0.15) is 5.10 Å². The van der Waals surface area contributed by atoms with Gasteiger partial charge in [0.05, 0.1) is 5.71 Å². The summed E-state index contributed by atoms with van der Waals surface area (Å²) in [6, 6.07) is 19.9. The molecule has 2 N–H and O–H groups in total. The van der Waals surface area contributed by atoms with Crippen LogP contribution < -0.4 is 10.7 Å². The van der Waals surface area contributed by atoms with Crippen LogP contribution in [0.5, 0.6) is 0 Å². The maximum absolute atomic E-state index is 12.0. The molecule has 0 saturated carbocycles. The summed E-state index contributed by atoms with van der Waals surface area (Å²) in [4.78, 5) is 24.0. The molecule has 0 fully saturated rings. The van der Waals surface area contributed by atoms with Crippen molar-refractivity contribution >= 4 is 45.2 Å². The van der Waals surface area contributed by atoms with Crippen molar-refractivity contribution in [2.75, 3.05) is 5.32 Å². The molecule has 0 aliphatic carbocycles. The number of carbonyl (C=O) groups is 2. The topological polar surface area (TPSA) is 83.7 Å². The zero-order chi connectivity index (χ0) is 20.6. The van der Waals surface area contributed by atoms with Crippen molar-refractivity contribution in [3.63, 3.8) is 0 Å². The van der Waals surface area contributed by atoms with Crippen LogP contribution >= 0.6 is 15.9 Å². The highest BCUT2D eigenvalue weighted by atomic mass is 79.9. The summed E-state index contributed by atoms with van der Waals surface area (Å²) < 4.78 is 5.65. The van der Waals surface area contributed by atoms with E-state index in [9.17, 15) is 9.59 Å². The Bertz CT molecular complexity index is 1050. The summed E-state index contributed by atoms with van der Waals surface area (Å²) in [7, 11) is 0. The lowest BCUT2D eigenvalue weighted by atomic mass is 10.1. The van der Waals surface area contributed by atoms with Crippen LogP contribution in [0.1, 0.15) is 28.6 Å². The van der Waals surface area contributed by atoms with E-state index in [-0.39, 0.29) is 11.7 Å². The summed E-state index contributed by atoms with van der Waals surface area (Å²) in [5, 5.41) is 6.88. The van der Waals surface area contributed by atoms with E-state index in [4.69, 9.17) is 4.42 Å². The second kappa shape index (κ2) is 9.66. The van der Waals surface area contributed by atoms with E-state index in [2.05, 4.69) is 31.8 Å². The molecule has 0 aliphatic heterocycles. The van der Waals surface area contributed by atoms with Crippen molar-refractivity contribution in [3.05, 3.63) is 94.4 Å². The Hall–Kier alpha value is -3.45. The molecule has 3 aromatic rings. The van der Waals surface area contributed by atoms with Gasteiger partial charge in [0.1, 0.15) is 0 Å². The zero-order valence-corrected chi connectivity index (χ0v) is 17.1. The molecule has 0 spiro atoms. The Kier molecular flexibility index (Phi) is 6.76. The first kappa shape index (κ1) is 20.3. The number of rotatable bonds is 6. The standard InChI is InChI=1S/C22H18BrN3O3/c1-15(25-26-22(28)19-12-13-20(23)29-19)17-8-10-18(11-9-17)24-21(27)14-7-16-5-3-2-4-6-16/h2-14H,1H3,(H,24,27)(H,26,28)/b14-7+,25-15+. The Labute approximate surface area is 176 Å². The number of carbonyl (C=O) groups excluding carboxylic acids is 2. The largest absolute Gasteiger partial charge is 0.444 e. The minimum Gasteiger partial charge on any atom is -0.444 e. The molecule has 2 amide bonds. The highest BCUT2D eigenvalue weighted by molar-refractivity contribution is 9.10. The van der Waals surface area contributed by atoms with E-state index < -0.39 is 5.91 Å². The van der Waals surface area contributed by atoms with Crippen LogP contribution in [0.25, 0.3) is 6.08 Å². The maximum atomic E-state index is 12.0. The van der Waals surface area contributed by atoms with Gasteiger partial charge in [-0.1, -0.05) is 42.5 Å². The number of hydrazone groups is 1. The third-order valence-corrected chi connectivity index (χ3v) is 4.35. The lowest BCUT2D eigenvalue weighted by Crippen LogP contribution is -2.18. The van der Waals surface area contributed by atoms with Gasteiger partial charge in [0.25, 0.3) is 0 Å². The van der Waals surface area contributed by atoms with Crippen molar-refractivity contribution in [2.24, 2.45) is 5.10 Å². The number of anilines is 1. The van der Waals surface area contributed by atoms with Crippen LogP contribution in [-0.4, -0.2) is 17.5 Å². The fourth-order valence-corrected chi connectivity index (χ4v) is 2.71. The van der Waals surface area contributed by atoms with Gasteiger partial charge in [-0.3, -0.25) is 9.59 Å². The van der Waals surface area contributed by atoms with E-state index >= 15 is 0 Å². The molecule has 1 heterocycles. The average molecular weight is 452 g/mol. The molecule has 1 aromatic heterocycles. The van der Waals surface area contributed by atoms with Crippen molar-refractivity contribution in [1.82, 2.24) is 5.43 Å². The number of amides is 2. The molecule has 3 rings (SSSR count). The molecule has 0 atom stereocenters. The molecular weight excluding hydrogens is 434 g/mol. The predicted octanol–water partition coefficient (Wildman–Crippen LogP) is 4.85. The van der Waals surface area contributed by atoms with E-state index in [0.29, 0.717) is 16.1 Å². The molecule has 146 valence electrons. The molecule has 0 aliphatic rings. The number of halogens is 1. The molecule has 7 heteroatoms. The van der Waals surface area contributed by atoms with Gasteiger partial charge in [0, 0.05) is 11.8 Å². The molecule has 6 nitrogen and oxygen atoms in total. The van der Waals surface area contributed by atoms with E-state index in [0.717, 1.165) is 11.1 Å². The van der Waals surface area contributed by atoms with Crippen LogP contribution in [0, 0.1) is 0 Å². The summed E-state index contributed by atoms with van der Waals surface area (Å²) in [6.07, 6.45) is 3.24. The van der Waals surface area contributed by atoms with E-state index in [1.165, 1.54) is 6.08 Å². The van der Waals surface area contributed by atoms with Crippen molar-refractivity contribution < 1.29 is 14.0 Å².